The molecule has 0 saturated carbocycles. The topological polar surface area (TPSA) is 40.1 Å². The Morgan fingerprint density at radius 3 is 2.69 bits per heavy atom. The van der Waals surface area contributed by atoms with Crippen LogP contribution in [0.25, 0.3) is 0 Å². The van der Waals surface area contributed by atoms with Gasteiger partial charge in [-0.15, -0.1) is 0 Å². The minimum absolute atomic E-state index is 0.288. The van der Waals surface area contributed by atoms with Crippen LogP contribution in [0.5, 0.6) is 0 Å². The molecule has 1 aromatic rings. The van der Waals surface area contributed by atoms with Crippen molar-refractivity contribution >= 4 is 5.96 Å². The lowest BCUT2D eigenvalue weighted by Gasteiger charge is -2.27. The number of hydrogen-bond acceptors (Lipinski definition) is 3. The molecule has 3 rings (SSSR count). The lowest BCUT2D eigenvalue weighted by atomic mass is 9.87. The highest BCUT2D eigenvalue weighted by Crippen LogP contribution is 2.38. The van der Waals surface area contributed by atoms with Gasteiger partial charge in [-0.05, 0) is 46.3 Å². The SMILES string of the molecule is CCNC(=NCC(c1ccc(C)cc1)N(C)C)N1CCC2(CCOC2)C1. The summed E-state index contributed by atoms with van der Waals surface area (Å²) >= 11 is 0. The van der Waals surface area contributed by atoms with Gasteiger partial charge < -0.3 is 19.9 Å². The second-order valence-corrected chi connectivity index (χ2v) is 8.06. The van der Waals surface area contributed by atoms with E-state index in [2.05, 4.69) is 67.3 Å². The molecule has 5 nitrogen and oxygen atoms in total. The van der Waals surface area contributed by atoms with E-state index < -0.39 is 0 Å². The molecule has 2 atom stereocenters. The van der Waals surface area contributed by atoms with Crippen molar-refractivity contribution in [2.24, 2.45) is 10.4 Å². The summed E-state index contributed by atoms with van der Waals surface area (Å²) in [5.74, 6) is 1.05. The molecule has 2 unspecified atom stereocenters. The number of likely N-dealkylation sites (tertiary alicyclic amines) is 1. The molecule has 2 aliphatic rings. The van der Waals surface area contributed by atoms with Crippen LogP contribution in [0.2, 0.25) is 0 Å². The van der Waals surface area contributed by atoms with Gasteiger partial charge >= 0.3 is 0 Å². The van der Waals surface area contributed by atoms with Crippen LogP contribution in [0.1, 0.15) is 36.9 Å². The number of guanidine groups is 1. The highest BCUT2D eigenvalue weighted by molar-refractivity contribution is 5.80. The molecular formula is C21H34N4O. The fourth-order valence-corrected chi connectivity index (χ4v) is 4.04. The molecule has 0 radical (unpaired) electrons. The number of rotatable bonds is 5. The summed E-state index contributed by atoms with van der Waals surface area (Å²) in [5.41, 5.74) is 2.97. The highest BCUT2D eigenvalue weighted by atomic mass is 16.5. The van der Waals surface area contributed by atoms with E-state index in [0.29, 0.717) is 5.41 Å². The summed E-state index contributed by atoms with van der Waals surface area (Å²) in [6, 6.07) is 9.11. The monoisotopic (exact) mass is 358 g/mol. The minimum Gasteiger partial charge on any atom is -0.381 e. The molecular weight excluding hydrogens is 324 g/mol. The molecule has 2 fully saturated rings. The van der Waals surface area contributed by atoms with E-state index in [1.54, 1.807) is 0 Å². The van der Waals surface area contributed by atoms with E-state index in [4.69, 9.17) is 9.73 Å². The summed E-state index contributed by atoms with van der Waals surface area (Å²) in [7, 11) is 4.27. The maximum atomic E-state index is 5.67. The second kappa shape index (κ2) is 8.40. The van der Waals surface area contributed by atoms with Crippen LogP contribution in [0.4, 0.5) is 0 Å². The van der Waals surface area contributed by atoms with Gasteiger partial charge in [0.2, 0.25) is 0 Å². The van der Waals surface area contributed by atoms with Crippen molar-refractivity contribution in [1.29, 1.82) is 0 Å². The molecule has 1 spiro atoms. The Bertz CT molecular complexity index is 605. The molecule has 26 heavy (non-hydrogen) atoms. The van der Waals surface area contributed by atoms with Crippen LogP contribution in [0.3, 0.4) is 0 Å². The van der Waals surface area contributed by atoms with E-state index in [9.17, 15) is 0 Å². The van der Waals surface area contributed by atoms with E-state index in [1.807, 2.05) is 0 Å². The first-order valence-corrected chi connectivity index (χ1v) is 9.87. The smallest absolute Gasteiger partial charge is 0.194 e. The predicted molar refractivity (Wildman–Crippen MR) is 108 cm³/mol. The minimum atomic E-state index is 0.288. The standard InChI is InChI=1S/C21H34N4O/c1-5-22-20(25-12-10-21(15-25)11-13-26-16-21)23-14-19(24(3)4)18-8-6-17(2)7-9-18/h6-9,19H,5,10-16H2,1-4H3,(H,22,23). The average molecular weight is 359 g/mol. The van der Waals surface area contributed by atoms with Crippen molar-refractivity contribution < 1.29 is 4.74 Å². The van der Waals surface area contributed by atoms with Gasteiger partial charge in [-0.2, -0.15) is 0 Å². The molecule has 0 aliphatic carbocycles. The van der Waals surface area contributed by atoms with E-state index in [1.165, 1.54) is 24.0 Å². The van der Waals surface area contributed by atoms with Gasteiger partial charge in [-0.1, -0.05) is 29.8 Å². The van der Waals surface area contributed by atoms with Crippen molar-refractivity contribution in [3.63, 3.8) is 0 Å². The summed E-state index contributed by atoms with van der Waals surface area (Å²) in [5, 5.41) is 3.50. The largest absolute Gasteiger partial charge is 0.381 e. The van der Waals surface area contributed by atoms with Crippen molar-refractivity contribution in [2.45, 2.75) is 32.7 Å². The number of nitrogens with one attached hydrogen (secondary N) is 1. The number of nitrogens with zero attached hydrogens (tertiary/aromatic N) is 3. The molecule has 1 N–H and O–H groups in total. The first-order valence-electron chi connectivity index (χ1n) is 9.87. The van der Waals surface area contributed by atoms with Crippen LogP contribution in [-0.4, -0.2) is 69.2 Å². The van der Waals surface area contributed by atoms with Gasteiger partial charge in [0.1, 0.15) is 0 Å². The fraction of sp³-hybridized carbons (Fsp3) is 0.667. The Morgan fingerprint density at radius 1 is 1.31 bits per heavy atom. The summed E-state index contributed by atoms with van der Waals surface area (Å²) < 4.78 is 5.67. The van der Waals surface area contributed by atoms with E-state index in [-0.39, 0.29) is 6.04 Å². The zero-order valence-corrected chi connectivity index (χ0v) is 16.8. The van der Waals surface area contributed by atoms with Crippen LogP contribution in [-0.2, 0) is 4.74 Å². The van der Waals surface area contributed by atoms with Gasteiger partial charge in [-0.25, -0.2) is 0 Å². The summed E-state index contributed by atoms with van der Waals surface area (Å²) in [4.78, 5) is 9.71. The van der Waals surface area contributed by atoms with Gasteiger partial charge in [0.15, 0.2) is 5.96 Å². The van der Waals surface area contributed by atoms with Gasteiger partial charge in [0.05, 0.1) is 19.2 Å². The molecule has 144 valence electrons. The number of likely N-dealkylation sites (N-methyl/N-ethyl adjacent to an activating group) is 1. The molecule has 5 heteroatoms. The molecule has 0 amide bonds. The Hall–Kier alpha value is -1.59. The Balaban J connectivity index is 1.72. The molecule has 2 heterocycles. The third kappa shape index (κ3) is 4.38. The molecule has 0 aromatic heterocycles. The average Bonchev–Trinajstić information content (AvgIpc) is 3.25. The van der Waals surface area contributed by atoms with Crippen LogP contribution in [0, 0.1) is 12.3 Å². The second-order valence-electron chi connectivity index (χ2n) is 8.06. The maximum Gasteiger partial charge on any atom is 0.194 e. The van der Waals surface area contributed by atoms with Gasteiger partial charge in [0.25, 0.3) is 0 Å². The molecule has 2 aliphatic heterocycles. The molecule has 1 aromatic carbocycles. The van der Waals surface area contributed by atoms with Crippen LogP contribution in [0.15, 0.2) is 29.3 Å². The zero-order chi connectivity index (χ0) is 18.6. The Morgan fingerprint density at radius 2 is 2.08 bits per heavy atom. The Labute approximate surface area is 158 Å². The summed E-state index contributed by atoms with van der Waals surface area (Å²) in [6.07, 6.45) is 2.40. The number of aliphatic imine (C=N–C) groups is 1. The van der Waals surface area contributed by atoms with Gasteiger partial charge in [0, 0.05) is 31.7 Å². The van der Waals surface area contributed by atoms with Crippen molar-refractivity contribution in [3.8, 4) is 0 Å². The van der Waals surface area contributed by atoms with Crippen molar-refractivity contribution in [2.75, 3.05) is 53.5 Å². The van der Waals surface area contributed by atoms with Crippen LogP contribution >= 0.6 is 0 Å². The van der Waals surface area contributed by atoms with E-state index in [0.717, 1.165) is 45.4 Å². The third-order valence-corrected chi connectivity index (χ3v) is 5.76. The number of benzene rings is 1. The van der Waals surface area contributed by atoms with Crippen LogP contribution < -0.4 is 5.32 Å². The van der Waals surface area contributed by atoms with Crippen molar-refractivity contribution in [1.82, 2.24) is 15.1 Å². The van der Waals surface area contributed by atoms with Gasteiger partial charge in [-0.3, -0.25) is 4.99 Å². The lowest BCUT2D eigenvalue weighted by molar-refractivity contribution is 0.156. The first kappa shape index (κ1) is 19.2. The number of aryl methyl sites for hydroxylation is 1. The number of ether oxygens (including phenoxy) is 1. The fourth-order valence-electron chi connectivity index (χ4n) is 4.04. The first-order chi connectivity index (χ1) is 12.5. The quantitative estimate of drug-likeness (QED) is 0.649. The normalized spacial score (nSPS) is 24.7. The predicted octanol–water partition coefficient (Wildman–Crippen LogP) is 2.68. The lowest BCUT2D eigenvalue weighted by Crippen LogP contribution is -2.42. The highest BCUT2D eigenvalue weighted by Gasteiger charge is 2.42. The van der Waals surface area contributed by atoms with Crippen molar-refractivity contribution in [3.05, 3.63) is 35.4 Å². The summed E-state index contributed by atoms with van der Waals surface area (Å²) in [6.45, 7) is 9.90. The van der Waals surface area contributed by atoms with E-state index >= 15 is 0 Å². The maximum absolute atomic E-state index is 5.67. The number of hydrogen-bond donors (Lipinski definition) is 1. The molecule has 0 bridgehead atoms. The molecule has 2 saturated heterocycles. The Kier molecular flexibility index (Phi) is 6.20. The zero-order valence-electron chi connectivity index (χ0n) is 16.8. The third-order valence-electron chi connectivity index (χ3n) is 5.76.